The summed E-state index contributed by atoms with van der Waals surface area (Å²) in [5.74, 6) is 0.998. The monoisotopic (exact) mass is 520 g/mol. The molecule has 0 bridgehead atoms. The van der Waals surface area contributed by atoms with Gasteiger partial charge in [-0.3, -0.25) is 9.69 Å². The molecule has 0 aliphatic carbocycles. The van der Waals surface area contributed by atoms with Crippen LogP contribution in [0.15, 0.2) is 60.7 Å². The molecule has 1 N–H and O–H groups in total. The molecule has 2 aliphatic rings. The number of carbonyl (C=O) groups excluding carboxylic acids is 1. The molecule has 0 aromatic heterocycles. The van der Waals surface area contributed by atoms with Gasteiger partial charge >= 0.3 is 0 Å². The van der Waals surface area contributed by atoms with Gasteiger partial charge in [-0.25, -0.2) is 4.39 Å². The molecular weight excluding hydrogens is 487 g/mol. The first-order valence-corrected chi connectivity index (χ1v) is 13.0. The number of hydrogen-bond acceptors (Lipinski definition) is 6. The third-order valence-corrected chi connectivity index (χ3v) is 6.89. The van der Waals surface area contributed by atoms with Gasteiger partial charge in [-0.1, -0.05) is 18.2 Å². The van der Waals surface area contributed by atoms with E-state index in [0.717, 1.165) is 41.9 Å². The third-order valence-electron chi connectivity index (χ3n) is 6.89. The van der Waals surface area contributed by atoms with E-state index in [1.54, 1.807) is 12.1 Å². The fraction of sp³-hybridized carbons (Fsp3) is 0.367. The Morgan fingerprint density at radius 2 is 1.95 bits per heavy atom. The molecule has 1 fully saturated rings. The maximum atomic E-state index is 13.9. The molecule has 200 valence electrons. The Morgan fingerprint density at radius 1 is 1.08 bits per heavy atom. The van der Waals surface area contributed by atoms with E-state index in [-0.39, 0.29) is 25.3 Å². The van der Waals surface area contributed by atoms with Gasteiger partial charge in [-0.2, -0.15) is 0 Å². The summed E-state index contributed by atoms with van der Waals surface area (Å²) in [6.07, 6.45) is 1.15. The molecule has 5 rings (SSSR count). The van der Waals surface area contributed by atoms with Crippen LogP contribution in [0, 0.1) is 19.7 Å². The second-order valence-corrected chi connectivity index (χ2v) is 9.87. The van der Waals surface area contributed by atoms with Crippen molar-refractivity contribution >= 4 is 11.6 Å². The zero-order valence-corrected chi connectivity index (χ0v) is 21.7. The summed E-state index contributed by atoms with van der Waals surface area (Å²) in [7, 11) is 0. The molecule has 0 spiro atoms. The number of ether oxygens (including phenoxy) is 4. The highest BCUT2D eigenvalue weighted by atomic mass is 19.1. The number of hydrogen-bond donors (Lipinski definition) is 1. The van der Waals surface area contributed by atoms with Gasteiger partial charge in [-0.05, 0) is 79.8 Å². The van der Waals surface area contributed by atoms with Crippen LogP contribution in [0.1, 0.15) is 29.5 Å². The highest BCUT2D eigenvalue weighted by Crippen LogP contribution is 2.33. The van der Waals surface area contributed by atoms with E-state index in [1.165, 1.54) is 12.1 Å². The van der Waals surface area contributed by atoms with E-state index >= 15 is 0 Å². The Bertz CT molecular complexity index is 1280. The van der Waals surface area contributed by atoms with Gasteiger partial charge in [0, 0.05) is 38.0 Å². The molecule has 8 heteroatoms. The minimum absolute atomic E-state index is 0.0710. The molecule has 3 aromatic carbocycles. The fourth-order valence-electron chi connectivity index (χ4n) is 4.73. The molecule has 0 saturated carbocycles. The maximum absolute atomic E-state index is 13.9. The van der Waals surface area contributed by atoms with Crippen molar-refractivity contribution in [3.05, 3.63) is 83.2 Å². The van der Waals surface area contributed by atoms with Crippen LogP contribution in [0.4, 0.5) is 10.1 Å². The molecule has 2 unspecified atom stereocenters. The molecule has 0 radical (unpaired) electrons. The third kappa shape index (κ3) is 6.62. The predicted octanol–water partition coefficient (Wildman–Crippen LogP) is 5.24. The maximum Gasteiger partial charge on any atom is 0.266 e. The molecule has 2 atom stereocenters. The zero-order chi connectivity index (χ0) is 26.5. The first-order chi connectivity index (χ1) is 18.4. The normalized spacial score (nSPS) is 17.0. The lowest BCUT2D eigenvalue weighted by atomic mass is 10.1. The van der Waals surface area contributed by atoms with Crippen LogP contribution in [0.3, 0.4) is 0 Å². The van der Waals surface area contributed by atoms with Crippen molar-refractivity contribution in [1.29, 1.82) is 0 Å². The van der Waals surface area contributed by atoms with E-state index in [0.29, 0.717) is 30.3 Å². The van der Waals surface area contributed by atoms with Crippen LogP contribution >= 0.6 is 0 Å². The summed E-state index contributed by atoms with van der Waals surface area (Å²) in [6.45, 7) is 6.43. The van der Waals surface area contributed by atoms with Crippen molar-refractivity contribution in [3.63, 3.8) is 0 Å². The average molecular weight is 521 g/mol. The minimum Gasteiger partial charge on any atom is -0.479 e. The lowest BCUT2D eigenvalue weighted by molar-refractivity contribution is -0.123. The summed E-state index contributed by atoms with van der Waals surface area (Å²) in [4.78, 5) is 15.7. The number of nitrogens with one attached hydrogen (secondary N) is 1. The molecule has 1 saturated heterocycles. The van der Waals surface area contributed by atoms with Gasteiger partial charge in [0.25, 0.3) is 5.91 Å². The minimum atomic E-state index is -0.895. The van der Waals surface area contributed by atoms with Crippen molar-refractivity contribution < 1.29 is 28.1 Å². The number of anilines is 1. The Kier molecular flexibility index (Phi) is 8.10. The van der Waals surface area contributed by atoms with E-state index in [1.807, 2.05) is 50.2 Å². The Labute approximate surface area is 222 Å². The van der Waals surface area contributed by atoms with Gasteiger partial charge in [0.05, 0.1) is 6.10 Å². The SMILES string of the molecule is Cc1ccc(NC(=O)C(CN(Cc2ccc3c(c2)OCO3)CC2CCCO2)Oc2cccc(F)c2)cc1C. The van der Waals surface area contributed by atoms with Crippen molar-refractivity contribution in [2.45, 2.75) is 45.4 Å². The summed E-state index contributed by atoms with van der Waals surface area (Å²) >= 11 is 0. The zero-order valence-electron chi connectivity index (χ0n) is 21.7. The number of amides is 1. The lowest BCUT2D eigenvalue weighted by Crippen LogP contribution is -2.45. The molecule has 3 aromatic rings. The second-order valence-electron chi connectivity index (χ2n) is 9.87. The van der Waals surface area contributed by atoms with Crippen LogP contribution in [0.25, 0.3) is 0 Å². The Morgan fingerprint density at radius 3 is 2.74 bits per heavy atom. The lowest BCUT2D eigenvalue weighted by Gasteiger charge is -2.29. The molecule has 7 nitrogen and oxygen atoms in total. The van der Waals surface area contributed by atoms with Gasteiger partial charge < -0.3 is 24.3 Å². The Hall–Kier alpha value is -3.62. The molecule has 2 heterocycles. The van der Waals surface area contributed by atoms with Crippen molar-refractivity contribution in [2.24, 2.45) is 0 Å². The van der Waals surface area contributed by atoms with Gasteiger partial charge in [0.2, 0.25) is 6.79 Å². The summed E-state index contributed by atoms with van der Waals surface area (Å²) in [6, 6.07) is 17.5. The van der Waals surface area contributed by atoms with Crippen LogP contribution in [-0.4, -0.2) is 49.5 Å². The Balaban J connectivity index is 1.38. The van der Waals surface area contributed by atoms with Gasteiger partial charge in [0.1, 0.15) is 11.6 Å². The first-order valence-electron chi connectivity index (χ1n) is 13.0. The largest absolute Gasteiger partial charge is 0.479 e. The standard InChI is InChI=1S/C30H33FN2O5/c1-20-8-10-24(13-21(20)2)32-30(34)29(38-25-6-3-5-23(31)15-25)18-33(17-26-7-4-12-35-26)16-22-9-11-27-28(14-22)37-19-36-27/h3,5-6,8-11,13-15,26,29H,4,7,12,16-19H2,1-2H3,(H,32,34). The highest BCUT2D eigenvalue weighted by Gasteiger charge is 2.28. The molecule has 1 amide bonds. The second kappa shape index (κ2) is 11.8. The van der Waals surface area contributed by atoms with Crippen LogP contribution < -0.4 is 19.5 Å². The fourth-order valence-corrected chi connectivity index (χ4v) is 4.73. The van der Waals surface area contributed by atoms with Gasteiger partial charge in [-0.15, -0.1) is 0 Å². The van der Waals surface area contributed by atoms with Gasteiger partial charge in [0.15, 0.2) is 17.6 Å². The van der Waals surface area contributed by atoms with E-state index in [4.69, 9.17) is 18.9 Å². The quantitative estimate of drug-likeness (QED) is 0.395. The molecule has 38 heavy (non-hydrogen) atoms. The predicted molar refractivity (Wildman–Crippen MR) is 142 cm³/mol. The number of carbonyl (C=O) groups is 1. The summed E-state index contributed by atoms with van der Waals surface area (Å²) in [5.41, 5.74) is 3.92. The molecule has 2 aliphatic heterocycles. The van der Waals surface area contributed by atoms with Crippen molar-refractivity contribution in [3.8, 4) is 17.2 Å². The smallest absolute Gasteiger partial charge is 0.266 e. The molecular formula is C30H33FN2O5. The topological polar surface area (TPSA) is 69.3 Å². The van der Waals surface area contributed by atoms with E-state index in [2.05, 4.69) is 10.2 Å². The number of aryl methyl sites for hydroxylation is 2. The van der Waals surface area contributed by atoms with Crippen LogP contribution in [0.2, 0.25) is 0 Å². The van der Waals surface area contributed by atoms with Crippen molar-refractivity contribution in [2.75, 3.05) is 31.8 Å². The average Bonchev–Trinajstić information content (AvgIpc) is 3.58. The van der Waals surface area contributed by atoms with Crippen LogP contribution in [0.5, 0.6) is 17.2 Å². The van der Waals surface area contributed by atoms with E-state index < -0.39 is 11.9 Å². The first kappa shape index (κ1) is 26.0. The number of rotatable bonds is 10. The summed E-state index contributed by atoms with van der Waals surface area (Å²) < 4.78 is 37.0. The number of benzene rings is 3. The van der Waals surface area contributed by atoms with E-state index in [9.17, 15) is 9.18 Å². The highest BCUT2D eigenvalue weighted by molar-refractivity contribution is 5.94. The van der Waals surface area contributed by atoms with Crippen molar-refractivity contribution in [1.82, 2.24) is 4.90 Å². The number of fused-ring (bicyclic) bond motifs is 1. The number of halogens is 1. The van der Waals surface area contributed by atoms with Crippen LogP contribution in [-0.2, 0) is 16.1 Å². The number of nitrogens with zero attached hydrogens (tertiary/aromatic N) is 1. The summed E-state index contributed by atoms with van der Waals surface area (Å²) in [5, 5.41) is 2.99.